The zero-order valence-corrected chi connectivity index (χ0v) is 16.7. The summed E-state index contributed by atoms with van der Waals surface area (Å²) in [4.78, 5) is 25.1. The standard InChI is InChI=1S/C23H23F2NO4/c1-2-30-23(29)18-12-26(14-7-8-14)21-16(5-3-4-13-6-9-15(27)10-13)20(25)19(24)11-17(21)22(18)28/h11-15,27H,2,4,6-10H2,1H3/t13-,15+/m0/s1. The number of ether oxygens (including phenoxy) is 1. The van der Waals surface area contributed by atoms with Gasteiger partial charge < -0.3 is 14.4 Å². The molecule has 0 aliphatic heterocycles. The van der Waals surface area contributed by atoms with Gasteiger partial charge in [-0.05, 0) is 51.0 Å². The van der Waals surface area contributed by atoms with Gasteiger partial charge in [-0.15, -0.1) is 0 Å². The van der Waals surface area contributed by atoms with Crippen molar-refractivity contribution >= 4 is 16.9 Å². The van der Waals surface area contributed by atoms with Crippen LogP contribution >= 0.6 is 0 Å². The zero-order chi connectivity index (χ0) is 21.4. The Morgan fingerprint density at radius 2 is 2.07 bits per heavy atom. The molecule has 0 amide bonds. The van der Waals surface area contributed by atoms with Gasteiger partial charge in [0.2, 0.25) is 5.43 Å². The summed E-state index contributed by atoms with van der Waals surface area (Å²) >= 11 is 0. The maximum Gasteiger partial charge on any atom is 0.343 e. The van der Waals surface area contributed by atoms with Gasteiger partial charge in [0, 0.05) is 18.7 Å². The molecule has 1 aromatic heterocycles. The van der Waals surface area contributed by atoms with Crippen molar-refractivity contribution in [1.82, 2.24) is 4.57 Å². The Labute approximate surface area is 172 Å². The van der Waals surface area contributed by atoms with Crippen LogP contribution in [0.15, 0.2) is 17.1 Å². The van der Waals surface area contributed by atoms with Crippen molar-refractivity contribution in [2.75, 3.05) is 6.61 Å². The number of carbonyl (C=O) groups is 1. The molecule has 2 atom stereocenters. The van der Waals surface area contributed by atoms with Gasteiger partial charge in [-0.3, -0.25) is 4.79 Å². The van der Waals surface area contributed by atoms with Crippen LogP contribution in [0.1, 0.15) is 67.4 Å². The molecule has 0 spiro atoms. The van der Waals surface area contributed by atoms with E-state index in [1.807, 2.05) is 0 Å². The van der Waals surface area contributed by atoms with Gasteiger partial charge in [-0.25, -0.2) is 13.6 Å². The molecule has 0 radical (unpaired) electrons. The molecule has 2 aliphatic carbocycles. The monoisotopic (exact) mass is 415 g/mol. The molecule has 2 aliphatic rings. The molecular formula is C23H23F2NO4. The number of hydrogen-bond donors (Lipinski definition) is 1. The summed E-state index contributed by atoms with van der Waals surface area (Å²) < 4.78 is 35.7. The summed E-state index contributed by atoms with van der Waals surface area (Å²) in [5, 5.41) is 9.57. The van der Waals surface area contributed by atoms with Crippen molar-refractivity contribution in [3.8, 4) is 11.8 Å². The van der Waals surface area contributed by atoms with E-state index in [9.17, 15) is 23.5 Å². The third kappa shape index (κ3) is 3.84. The lowest BCUT2D eigenvalue weighted by Gasteiger charge is -2.15. The second kappa shape index (κ2) is 8.19. The first kappa shape index (κ1) is 20.5. The van der Waals surface area contributed by atoms with Gasteiger partial charge in [-0.1, -0.05) is 11.8 Å². The number of aromatic nitrogens is 1. The Hall–Kier alpha value is -2.72. The molecule has 7 heteroatoms. The molecule has 5 nitrogen and oxygen atoms in total. The van der Waals surface area contributed by atoms with E-state index in [0.29, 0.717) is 12.8 Å². The fourth-order valence-corrected chi connectivity index (χ4v) is 4.09. The first-order valence-corrected chi connectivity index (χ1v) is 10.3. The first-order chi connectivity index (χ1) is 14.4. The second-order valence-electron chi connectivity index (χ2n) is 8.01. The summed E-state index contributed by atoms with van der Waals surface area (Å²) in [5.41, 5.74) is -0.835. The number of carbonyl (C=O) groups excluding carboxylic acids is 1. The van der Waals surface area contributed by atoms with Gasteiger partial charge in [-0.2, -0.15) is 0 Å². The number of aliphatic hydroxyl groups excluding tert-OH is 1. The van der Waals surface area contributed by atoms with E-state index in [1.165, 1.54) is 6.20 Å². The predicted molar refractivity (Wildman–Crippen MR) is 107 cm³/mol. The van der Waals surface area contributed by atoms with Gasteiger partial charge in [0.1, 0.15) is 5.56 Å². The number of pyridine rings is 1. The smallest absolute Gasteiger partial charge is 0.343 e. The van der Waals surface area contributed by atoms with Crippen LogP contribution in [0.2, 0.25) is 0 Å². The number of esters is 1. The van der Waals surface area contributed by atoms with Crippen molar-refractivity contribution in [2.24, 2.45) is 5.92 Å². The molecule has 0 saturated heterocycles. The lowest BCUT2D eigenvalue weighted by Crippen LogP contribution is -2.22. The topological polar surface area (TPSA) is 68.5 Å². The van der Waals surface area contributed by atoms with Gasteiger partial charge in [0.05, 0.1) is 29.2 Å². The van der Waals surface area contributed by atoms with Crippen LogP contribution in [0.25, 0.3) is 10.9 Å². The minimum Gasteiger partial charge on any atom is -0.462 e. The Kier molecular flexibility index (Phi) is 5.61. The number of rotatable bonds is 4. The highest BCUT2D eigenvalue weighted by molar-refractivity contribution is 5.95. The number of benzene rings is 1. The highest BCUT2D eigenvalue weighted by Gasteiger charge is 2.30. The number of aliphatic hydroxyl groups is 1. The van der Waals surface area contributed by atoms with Crippen molar-refractivity contribution in [3.63, 3.8) is 0 Å². The maximum atomic E-state index is 14.7. The zero-order valence-electron chi connectivity index (χ0n) is 16.7. The van der Waals surface area contributed by atoms with Crippen LogP contribution < -0.4 is 5.43 Å². The van der Waals surface area contributed by atoms with E-state index in [4.69, 9.17) is 4.74 Å². The Balaban J connectivity index is 1.86. The van der Waals surface area contributed by atoms with E-state index in [-0.39, 0.29) is 46.7 Å². The lowest BCUT2D eigenvalue weighted by molar-refractivity contribution is 0.0524. The minimum absolute atomic E-state index is 0.00309. The molecule has 1 N–H and O–H groups in total. The third-order valence-electron chi connectivity index (χ3n) is 5.76. The Morgan fingerprint density at radius 3 is 2.70 bits per heavy atom. The molecule has 4 rings (SSSR count). The number of halogens is 2. The summed E-state index contributed by atoms with van der Waals surface area (Å²) in [6, 6.07) is 0.837. The molecule has 1 heterocycles. The Morgan fingerprint density at radius 1 is 1.30 bits per heavy atom. The average Bonchev–Trinajstić information content (AvgIpc) is 3.47. The lowest BCUT2D eigenvalue weighted by atomic mass is 10.0. The van der Waals surface area contributed by atoms with Crippen molar-refractivity contribution < 1.29 is 23.4 Å². The fraction of sp³-hybridized carbons (Fsp3) is 0.478. The highest BCUT2D eigenvalue weighted by Crippen LogP contribution is 2.38. The molecule has 2 aromatic rings. The Bertz CT molecular complexity index is 1120. The van der Waals surface area contributed by atoms with Crippen LogP contribution in [-0.2, 0) is 4.74 Å². The quantitative estimate of drug-likeness (QED) is 0.611. The SMILES string of the molecule is CCOC(=O)c1cn(C2CC2)c2c(C#CC[C@H]3CC[C@@H](O)C3)c(F)c(F)cc2c1=O. The van der Waals surface area contributed by atoms with E-state index < -0.39 is 23.0 Å². The van der Waals surface area contributed by atoms with E-state index in [1.54, 1.807) is 11.5 Å². The summed E-state index contributed by atoms with van der Waals surface area (Å²) in [6.45, 7) is 1.73. The summed E-state index contributed by atoms with van der Waals surface area (Å²) in [7, 11) is 0. The molecule has 30 heavy (non-hydrogen) atoms. The molecule has 158 valence electrons. The molecular weight excluding hydrogens is 392 g/mol. The second-order valence-corrected chi connectivity index (χ2v) is 8.01. The normalized spacial score (nSPS) is 20.8. The van der Waals surface area contributed by atoms with Crippen LogP contribution in [0, 0.1) is 29.4 Å². The first-order valence-electron chi connectivity index (χ1n) is 10.3. The van der Waals surface area contributed by atoms with Gasteiger partial charge >= 0.3 is 5.97 Å². The van der Waals surface area contributed by atoms with Crippen LogP contribution in [0.5, 0.6) is 0 Å². The number of hydrogen-bond acceptors (Lipinski definition) is 4. The van der Waals surface area contributed by atoms with Gasteiger partial charge in [0.25, 0.3) is 0 Å². The van der Waals surface area contributed by atoms with E-state index in [0.717, 1.165) is 31.7 Å². The molecule has 2 fully saturated rings. The van der Waals surface area contributed by atoms with Crippen LogP contribution in [0.4, 0.5) is 8.78 Å². The van der Waals surface area contributed by atoms with E-state index >= 15 is 0 Å². The minimum atomic E-state index is -1.18. The van der Waals surface area contributed by atoms with Crippen molar-refractivity contribution in [3.05, 3.63) is 45.2 Å². The molecule has 0 unspecified atom stereocenters. The summed E-state index contributed by atoms with van der Waals surface area (Å²) in [5.74, 6) is 2.82. The van der Waals surface area contributed by atoms with Crippen molar-refractivity contribution in [2.45, 2.75) is 57.6 Å². The van der Waals surface area contributed by atoms with E-state index in [2.05, 4.69) is 11.8 Å². The number of fused-ring (bicyclic) bond motifs is 1. The fourth-order valence-electron chi connectivity index (χ4n) is 4.09. The largest absolute Gasteiger partial charge is 0.462 e. The van der Waals surface area contributed by atoms with Crippen molar-refractivity contribution in [1.29, 1.82) is 0 Å². The highest BCUT2D eigenvalue weighted by atomic mass is 19.2. The molecule has 2 saturated carbocycles. The summed E-state index contributed by atoms with van der Waals surface area (Å²) in [6.07, 6.45) is 5.36. The maximum absolute atomic E-state index is 14.7. The van der Waals surface area contributed by atoms with Crippen LogP contribution in [0.3, 0.4) is 0 Å². The third-order valence-corrected chi connectivity index (χ3v) is 5.76. The number of nitrogens with zero attached hydrogens (tertiary/aromatic N) is 1. The van der Waals surface area contributed by atoms with Gasteiger partial charge in [0.15, 0.2) is 11.6 Å². The predicted octanol–water partition coefficient (Wildman–Crippen LogP) is 3.69. The molecule has 0 bridgehead atoms. The average molecular weight is 415 g/mol. The molecule has 1 aromatic carbocycles. The van der Waals surface area contributed by atoms with Crippen LogP contribution in [-0.4, -0.2) is 28.4 Å².